The minimum atomic E-state index is 0.638. The topological polar surface area (TPSA) is 22.1 Å². The minimum Gasteiger partial charge on any atom is -0.497 e. The third kappa shape index (κ3) is 1.80. The zero-order valence-electron chi connectivity index (χ0n) is 6.17. The van der Waals surface area contributed by atoms with E-state index in [1.54, 1.807) is 19.5 Å². The van der Waals surface area contributed by atoms with Gasteiger partial charge in [0.05, 0.1) is 7.11 Å². The van der Waals surface area contributed by atoms with Crippen molar-refractivity contribution in [3.8, 4) is 0 Å². The summed E-state index contributed by atoms with van der Waals surface area (Å²) in [6.07, 6.45) is 3.41. The molecule has 0 aromatic carbocycles. The molecule has 0 amide bonds. The molecule has 2 nitrogen and oxygen atoms in total. The summed E-state index contributed by atoms with van der Waals surface area (Å²) in [7, 11) is 1.59. The predicted octanol–water partition coefficient (Wildman–Crippen LogP) is 2.46. The van der Waals surface area contributed by atoms with E-state index in [0.717, 1.165) is 10.0 Å². The van der Waals surface area contributed by atoms with Crippen molar-refractivity contribution in [3.05, 3.63) is 35.1 Å². The van der Waals surface area contributed by atoms with Crippen LogP contribution < -0.4 is 0 Å². The fourth-order valence-corrected chi connectivity index (χ4v) is 1.18. The lowest BCUT2D eigenvalue weighted by Gasteiger charge is -2.04. The number of aromatic nitrogens is 1. The van der Waals surface area contributed by atoms with Crippen molar-refractivity contribution in [1.29, 1.82) is 0 Å². The zero-order chi connectivity index (χ0) is 8.27. The summed E-state index contributed by atoms with van der Waals surface area (Å²) in [6, 6.07) is 1.84. The first-order valence-corrected chi connectivity index (χ1v) is 3.87. The highest BCUT2D eigenvalue weighted by atomic mass is 79.9. The van der Waals surface area contributed by atoms with Crippen LogP contribution in [-0.2, 0) is 4.74 Å². The largest absolute Gasteiger partial charge is 0.497 e. The zero-order valence-corrected chi connectivity index (χ0v) is 7.76. The maximum absolute atomic E-state index is 4.96. The molecule has 58 valence electrons. The van der Waals surface area contributed by atoms with Crippen LogP contribution in [0.4, 0.5) is 0 Å². The molecule has 3 heteroatoms. The second-order valence-corrected chi connectivity index (χ2v) is 2.84. The molecule has 0 aliphatic rings. The summed E-state index contributed by atoms with van der Waals surface area (Å²) in [6.45, 7) is 3.72. The van der Waals surface area contributed by atoms with Crippen molar-refractivity contribution in [1.82, 2.24) is 4.98 Å². The van der Waals surface area contributed by atoms with Crippen LogP contribution >= 0.6 is 15.9 Å². The van der Waals surface area contributed by atoms with Crippen LogP contribution in [0.3, 0.4) is 0 Å². The van der Waals surface area contributed by atoms with E-state index < -0.39 is 0 Å². The summed E-state index contributed by atoms with van der Waals surface area (Å²) >= 11 is 3.33. The maximum atomic E-state index is 4.96. The van der Waals surface area contributed by atoms with Crippen molar-refractivity contribution in [3.63, 3.8) is 0 Å². The van der Waals surface area contributed by atoms with Crippen molar-refractivity contribution < 1.29 is 4.74 Å². The fraction of sp³-hybridized carbons (Fsp3) is 0.125. The summed E-state index contributed by atoms with van der Waals surface area (Å²) in [4.78, 5) is 3.92. The lowest BCUT2D eigenvalue weighted by Crippen LogP contribution is -1.87. The molecule has 1 heterocycles. The molecule has 11 heavy (non-hydrogen) atoms. The number of nitrogens with zero attached hydrogens (tertiary/aromatic N) is 1. The first-order chi connectivity index (χ1) is 5.25. The Hall–Kier alpha value is -0.830. The highest BCUT2D eigenvalue weighted by Crippen LogP contribution is 2.21. The molecular weight excluding hydrogens is 206 g/mol. The molecular formula is C8H8BrNO. The van der Waals surface area contributed by atoms with E-state index in [0.29, 0.717) is 5.76 Å². The molecule has 1 aromatic heterocycles. The van der Waals surface area contributed by atoms with Gasteiger partial charge in [-0.1, -0.05) is 6.58 Å². The number of pyridine rings is 1. The van der Waals surface area contributed by atoms with Crippen molar-refractivity contribution in [2.24, 2.45) is 0 Å². The first kappa shape index (κ1) is 8.27. The highest BCUT2D eigenvalue weighted by molar-refractivity contribution is 9.10. The summed E-state index contributed by atoms with van der Waals surface area (Å²) in [5.74, 6) is 0.638. The maximum Gasteiger partial charge on any atom is 0.120 e. The smallest absolute Gasteiger partial charge is 0.120 e. The van der Waals surface area contributed by atoms with Crippen LogP contribution in [0.5, 0.6) is 0 Å². The molecule has 0 aliphatic carbocycles. The van der Waals surface area contributed by atoms with Crippen LogP contribution in [0.1, 0.15) is 5.56 Å². The first-order valence-electron chi connectivity index (χ1n) is 3.08. The van der Waals surface area contributed by atoms with Gasteiger partial charge in [0.2, 0.25) is 0 Å². The minimum absolute atomic E-state index is 0.638. The molecule has 0 spiro atoms. The molecule has 0 fully saturated rings. The van der Waals surface area contributed by atoms with E-state index in [1.807, 2.05) is 6.07 Å². The Morgan fingerprint density at radius 3 is 3.00 bits per heavy atom. The quantitative estimate of drug-likeness (QED) is 0.705. The van der Waals surface area contributed by atoms with E-state index >= 15 is 0 Å². The molecule has 0 saturated carbocycles. The van der Waals surface area contributed by atoms with Gasteiger partial charge in [-0.25, -0.2) is 0 Å². The SMILES string of the molecule is C=C(OC)c1ccncc1Br. The van der Waals surface area contributed by atoms with Gasteiger partial charge in [-0.05, 0) is 22.0 Å². The molecule has 0 N–H and O–H groups in total. The second-order valence-electron chi connectivity index (χ2n) is 1.98. The Bertz CT molecular complexity index is 273. The van der Waals surface area contributed by atoms with Gasteiger partial charge in [-0.15, -0.1) is 0 Å². The van der Waals surface area contributed by atoms with Gasteiger partial charge in [-0.2, -0.15) is 0 Å². The number of rotatable bonds is 2. The van der Waals surface area contributed by atoms with Gasteiger partial charge in [0, 0.05) is 22.4 Å². The van der Waals surface area contributed by atoms with Gasteiger partial charge in [0.15, 0.2) is 0 Å². The number of ether oxygens (including phenoxy) is 1. The summed E-state index contributed by atoms with van der Waals surface area (Å²) in [5.41, 5.74) is 0.933. The van der Waals surface area contributed by atoms with Crippen molar-refractivity contribution in [2.75, 3.05) is 7.11 Å². The van der Waals surface area contributed by atoms with E-state index in [9.17, 15) is 0 Å². The molecule has 0 bridgehead atoms. The third-order valence-electron chi connectivity index (χ3n) is 1.32. The Morgan fingerprint density at radius 2 is 2.45 bits per heavy atom. The predicted molar refractivity (Wildman–Crippen MR) is 48.0 cm³/mol. The van der Waals surface area contributed by atoms with E-state index in [1.165, 1.54) is 0 Å². The summed E-state index contributed by atoms with van der Waals surface area (Å²) in [5, 5.41) is 0. The van der Waals surface area contributed by atoms with Crippen LogP contribution in [0.2, 0.25) is 0 Å². The van der Waals surface area contributed by atoms with Crippen molar-refractivity contribution in [2.45, 2.75) is 0 Å². The fourth-order valence-electron chi connectivity index (χ4n) is 0.711. The van der Waals surface area contributed by atoms with Gasteiger partial charge < -0.3 is 4.74 Å². The Morgan fingerprint density at radius 1 is 1.73 bits per heavy atom. The van der Waals surface area contributed by atoms with E-state index in [-0.39, 0.29) is 0 Å². The van der Waals surface area contributed by atoms with Crippen LogP contribution in [-0.4, -0.2) is 12.1 Å². The molecule has 0 aliphatic heterocycles. The second kappa shape index (κ2) is 3.53. The van der Waals surface area contributed by atoms with E-state index in [2.05, 4.69) is 27.5 Å². The molecule has 0 atom stereocenters. The van der Waals surface area contributed by atoms with Crippen LogP contribution in [0.15, 0.2) is 29.5 Å². The third-order valence-corrected chi connectivity index (χ3v) is 1.95. The molecule has 1 aromatic rings. The van der Waals surface area contributed by atoms with Gasteiger partial charge in [0.25, 0.3) is 0 Å². The van der Waals surface area contributed by atoms with E-state index in [4.69, 9.17) is 4.74 Å². The Kier molecular flexibility index (Phi) is 2.65. The number of halogens is 1. The monoisotopic (exact) mass is 213 g/mol. The van der Waals surface area contributed by atoms with Crippen molar-refractivity contribution >= 4 is 21.7 Å². The van der Waals surface area contributed by atoms with Crippen LogP contribution in [0, 0.1) is 0 Å². The molecule has 0 unspecified atom stereocenters. The van der Waals surface area contributed by atoms with Crippen LogP contribution in [0.25, 0.3) is 5.76 Å². The average molecular weight is 214 g/mol. The average Bonchev–Trinajstić information content (AvgIpc) is 2.04. The van der Waals surface area contributed by atoms with Gasteiger partial charge in [-0.3, -0.25) is 4.98 Å². The normalized spacial score (nSPS) is 9.27. The number of hydrogen-bond acceptors (Lipinski definition) is 2. The molecule has 0 radical (unpaired) electrons. The Balaban J connectivity index is 3.03. The Labute approximate surface area is 74.0 Å². The molecule has 1 rings (SSSR count). The lowest BCUT2D eigenvalue weighted by atomic mass is 10.2. The summed E-state index contributed by atoms with van der Waals surface area (Å²) < 4.78 is 5.86. The van der Waals surface area contributed by atoms with Gasteiger partial charge in [0.1, 0.15) is 5.76 Å². The highest BCUT2D eigenvalue weighted by Gasteiger charge is 2.01. The lowest BCUT2D eigenvalue weighted by molar-refractivity contribution is 0.371. The number of methoxy groups -OCH3 is 1. The number of hydrogen-bond donors (Lipinski definition) is 0. The molecule has 0 saturated heterocycles. The standard InChI is InChI=1S/C8H8BrNO/c1-6(11-2)7-3-4-10-5-8(7)9/h3-5H,1H2,2H3. The van der Waals surface area contributed by atoms with Gasteiger partial charge >= 0.3 is 0 Å².